The summed E-state index contributed by atoms with van der Waals surface area (Å²) in [5.74, 6) is -1.49. The van der Waals surface area contributed by atoms with Crippen LogP contribution in [0.15, 0.2) is 79.9 Å². The number of para-hydroxylation sites is 1. The number of allylic oxidation sites excluding steroid dienone is 1. The highest BCUT2D eigenvalue weighted by Crippen LogP contribution is 2.30. The quantitative estimate of drug-likeness (QED) is 0.236. The summed E-state index contributed by atoms with van der Waals surface area (Å²) in [5.41, 5.74) is 4.79. The molecule has 0 aliphatic rings. The fraction of sp³-hybridized carbons (Fsp3) is 0.143. The van der Waals surface area contributed by atoms with Crippen LogP contribution in [-0.4, -0.2) is 28.8 Å². The standard InChI is InChI=1S/C21H21ClN6O5S.ClH/c1-12-18(21(31)28(27(12)3)14-7-5-4-6-8-14)26-34(32,33)15-9-10-16(22)17(11-15)24-25-19(13(2)29)20(23)30;/h4-11,26,29H,1-3H3,(H2,23,30);1H/b19-13+,25-24?;. The number of nitrogens with two attached hydrogens (primary N) is 1. The lowest BCUT2D eigenvalue weighted by Crippen LogP contribution is -2.23. The molecule has 0 atom stereocenters. The van der Waals surface area contributed by atoms with Gasteiger partial charge in [0.2, 0.25) is 0 Å². The van der Waals surface area contributed by atoms with Gasteiger partial charge in [-0.2, -0.15) is 0 Å². The summed E-state index contributed by atoms with van der Waals surface area (Å²) in [7, 11) is -2.61. The predicted molar refractivity (Wildman–Crippen MR) is 134 cm³/mol. The van der Waals surface area contributed by atoms with Gasteiger partial charge in [-0.05, 0) is 44.2 Å². The molecule has 35 heavy (non-hydrogen) atoms. The number of carbonyl (C=O) groups excluding carboxylic acids is 1. The molecule has 0 spiro atoms. The normalized spacial score (nSPS) is 12.2. The number of azo groups is 1. The Labute approximate surface area is 212 Å². The number of amides is 1. The summed E-state index contributed by atoms with van der Waals surface area (Å²) >= 11 is 6.07. The summed E-state index contributed by atoms with van der Waals surface area (Å²) in [6.07, 6.45) is 0. The molecule has 2 aromatic carbocycles. The summed E-state index contributed by atoms with van der Waals surface area (Å²) < 4.78 is 31.3. The third-order valence-corrected chi connectivity index (χ3v) is 6.52. The number of aliphatic hydroxyl groups excluding tert-OH is 1. The van der Waals surface area contributed by atoms with Crippen LogP contribution in [0.2, 0.25) is 5.02 Å². The largest absolute Gasteiger partial charge is 0.510 e. The number of halogens is 2. The number of aliphatic hydroxyl groups is 1. The van der Waals surface area contributed by atoms with E-state index in [1.165, 1.54) is 28.4 Å². The molecule has 1 amide bonds. The Morgan fingerprint density at radius 2 is 1.80 bits per heavy atom. The molecule has 0 bridgehead atoms. The number of sulfonamides is 1. The number of rotatable bonds is 7. The minimum atomic E-state index is -4.24. The molecule has 0 saturated heterocycles. The Kier molecular flexibility index (Phi) is 8.50. The van der Waals surface area contributed by atoms with E-state index in [0.717, 1.165) is 6.07 Å². The van der Waals surface area contributed by atoms with Crippen molar-refractivity contribution in [3.05, 3.63) is 81.1 Å². The maximum absolute atomic E-state index is 13.1. The van der Waals surface area contributed by atoms with Crippen LogP contribution in [0, 0.1) is 6.92 Å². The highest BCUT2D eigenvalue weighted by Gasteiger charge is 2.23. The fourth-order valence-corrected chi connectivity index (χ4v) is 4.31. The first-order chi connectivity index (χ1) is 15.9. The van der Waals surface area contributed by atoms with E-state index in [1.807, 2.05) is 0 Å². The second-order valence-electron chi connectivity index (χ2n) is 7.15. The monoisotopic (exact) mass is 540 g/mol. The van der Waals surface area contributed by atoms with Gasteiger partial charge in [0.25, 0.3) is 21.5 Å². The van der Waals surface area contributed by atoms with Crippen molar-refractivity contribution in [1.82, 2.24) is 9.36 Å². The molecular formula is C21H22Cl2N6O5S. The molecule has 186 valence electrons. The molecule has 3 rings (SSSR count). The van der Waals surface area contributed by atoms with Gasteiger partial charge >= 0.3 is 0 Å². The number of primary amides is 1. The van der Waals surface area contributed by atoms with Crippen molar-refractivity contribution >= 4 is 51.3 Å². The minimum Gasteiger partial charge on any atom is -0.510 e. The van der Waals surface area contributed by atoms with Crippen LogP contribution in [-0.2, 0) is 21.9 Å². The Morgan fingerprint density at radius 1 is 1.17 bits per heavy atom. The van der Waals surface area contributed by atoms with Crippen molar-refractivity contribution in [2.24, 2.45) is 23.0 Å². The molecular weight excluding hydrogens is 519 g/mol. The van der Waals surface area contributed by atoms with E-state index in [1.54, 1.807) is 44.3 Å². The molecule has 14 heteroatoms. The molecule has 4 N–H and O–H groups in total. The number of carbonyl (C=O) groups is 1. The van der Waals surface area contributed by atoms with Crippen molar-refractivity contribution < 1.29 is 18.3 Å². The Bertz CT molecular complexity index is 1490. The Morgan fingerprint density at radius 3 is 2.37 bits per heavy atom. The van der Waals surface area contributed by atoms with Gasteiger partial charge < -0.3 is 10.8 Å². The molecule has 0 unspecified atom stereocenters. The summed E-state index contributed by atoms with van der Waals surface area (Å²) in [6.45, 7) is 2.80. The molecule has 11 nitrogen and oxygen atoms in total. The Balaban J connectivity index is 0.00000432. The third kappa shape index (κ3) is 5.73. The highest BCUT2D eigenvalue weighted by atomic mass is 35.5. The highest BCUT2D eigenvalue weighted by molar-refractivity contribution is 7.92. The van der Waals surface area contributed by atoms with E-state index in [0.29, 0.717) is 11.4 Å². The first-order valence-corrected chi connectivity index (χ1v) is 11.6. The van der Waals surface area contributed by atoms with Crippen molar-refractivity contribution in [2.75, 3.05) is 4.72 Å². The van der Waals surface area contributed by atoms with E-state index in [2.05, 4.69) is 15.0 Å². The average Bonchev–Trinajstić information content (AvgIpc) is 2.98. The van der Waals surface area contributed by atoms with Gasteiger partial charge in [0.05, 0.1) is 21.3 Å². The zero-order chi connectivity index (χ0) is 25.2. The summed E-state index contributed by atoms with van der Waals surface area (Å²) in [5, 5.41) is 16.8. The lowest BCUT2D eigenvalue weighted by Gasteiger charge is -2.08. The van der Waals surface area contributed by atoms with Gasteiger partial charge in [0, 0.05) is 7.05 Å². The third-order valence-electron chi connectivity index (χ3n) is 4.85. The topological polar surface area (TPSA) is 161 Å². The van der Waals surface area contributed by atoms with Crippen LogP contribution < -0.4 is 16.0 Å². The number of benzene rings is 2. The lowest BCUT2D eigenvalue weighted by atomic mass is 10.3. The second-order valence-corrected chi connectivity index (χ2v) is 9.24. The molecule has 0 aliphatic carbocycles. The molecule has 0 radical (unpaired) electrons. The van der Waals surface area contributed by atoms with E-state index >= 15 is 0 Å². The summed E-state index contributed by atoms with van der Waals surface area (Å²) in [6, 6.07) is 12.4. The number of nitrogens with zero attached hydrogens (tertiary/aromatic N) is 4. The van der Waals surface area contributed by atoms with E-state index < -0.39 is 32.9 Å². The molecule has 1 aromatic heterocycles. The maximum Gasteiger partial charge on any atom is 0.296 e. The van der Waals surface area contributed by atoms with Crippen molar-refractivity contribution in [3.8, 4) is 5.69 Å². The van der Waals surface area contributed by atoms with Crippen LogP contribution in [0.1, 0.15) is 12.6 Å². The molecule has 1 heterocycles. The molecule has 3 aromatic rings. The van der Waals surface area contributed by atoms with Crippen molar-refractivity contribution in [1.29, 1.82) is 0 Å². The lowest BCUT2D eigenvalue weighted by molar-refractivity contribution is -0.114. The van der Waals surface area contributed by atoms with Gasteiger partial charge in [-0.15, -0.1) is 22.6 Å². The van der Waals surface area contributed by atoms with Crippen LogP contribution in [0.4, 0.5) is 11.4 Å². The number of hydrogen-bond donors (Lipinski definition) is 3. The van der Waals surface area contributed by atoms with Crippen LogP contribution in [0.25, 0.3) is 5.69 Å². The first kappa shape index (κ1) is 27.6. The molecule has 0 aliphatic heterocycles. The summed E-state index contributed by atoms with van der Waals surface area (Å²) in [4.78, 5) is 24.1. The second kappa shape index (κ2) is 10.8. The van der Waals surface area contributed by atoms with Gasteiger partial charge in [-0.3, -0.25) is 19.0 Å². The smallest absolute Gasteiger partial charge is 0.296 e. The Hall–Kier alpha value is -3.61. The zero-order valence-corrected chi connectivity index (χ0v) is 21.1. The van der Waals surface area contributed by atoms with Crippen molar-refractivity contribution in [3.63, 3.8) is 0 Å². The van der Waals surface area contributed by atoms with Gasteiger partial charge in [0.15, 0.2) is 5.70 Å². The minimum absolute atomic E-state index is 0. The zero-order valence-electron chi connectivity index (χ0n) is 18.8. The SMILES string of the molecule is C/C(O)=C(\N=Nc1cc(S(=O)(=O)Nc2c(C)n(C)n(-c3ccccc3)c2=O)ccc1Cl)C(N)=O.Cl. The van der Waals surface area contributed by atoms with Gasteiger partial charge in [-0.25, -0.2) is 13.1 Å². The predicted octanol–water partition coefficient (Wildman–Crippen LogP) is 3.72. The average molecular weight is 541 g/mol. The first-order valence-electron chi connectivity index (χ1n) is 9.72. The maximum atomic E-state index is 13.1. The molecule has 0 saturated carbocycles. The van der Waals surface area contributed by atoms with Crippen LogP contribution >= 0.6 is 24.0 Å². The fourth-order valence-electron chi connectivity index (χ4n) is 3.02. The van der Waals surface area contributed by atoms with Gasteiger partial charge in [0.1, 0.15) is 17.1 Å². The van der Waals surface area contributed by atoms with Crippen molar-refractivity contribution in [2.45, 2.75) is 18.7 Å². The number of hydrogen-bond acceptors (Lipinski definition) is 7. The number of aromatic nitrogens is 2. The van der Waals surface area contributed by atoms with Crippen LogP contribution in [0.5, 0.6) is 0 Å². The molecule has 0 fully saturated rings. The van der Waals surface area contributed by atoms with E-state index in [-0.39, 0.29) is 33.7 Å². The van der Waals surface area contributed by atoms with E-state index in [9.17, 15) is 23.1 Å². The van der Waals surface area contributed by atoms with E-state index in [4.69, 9.17) is 17.3 Å². The number of anilines is 1. The van der Waals surface area contributed by atoms with Crippen LogP contribution in [0.3, 0.4) is 0 Å². The number of nitrogens with one attached hydrogen (secondary N) is 1. The van der Waals surface area contributed by atoms with Gasteiger partial charge in [-0.1, -0.05) is 29.8 Å².